The molecule has 2 heterocycles. The first kappa shape index (κ1) is 10.8. The van der Waals surface area contributed by atoms with E-state index in [0.717, 1.165) is 0 Å². The summed E-state index contributed by atoms with van der Waals surface area (Å²) in [5, 5.41) is 12.8. The Morgan fingerprint density at radius 3 is 2.94 bits per heavy atom. The molecule has 0 radical (unpaired) electrons. The van der Waals surface area contributed by atoms with Crippen molar-refractivity contribution in [1.29, 1.82) is 5.26 Å². The van der Waals surface area contributed by atoms with E-state index in [0.29, 0.717) is 23.2 Å². The van der Waals surface area contributed by atoms with Gasteiger partial charge in [0.05, 0.1) is 18.9 Å². The number of rotatable bonds is 3. The van der Waals surface area contributed by atoms with Crippen LogP contribution in [0.15, 0.2) is 24.5 Å². The Morgan fingerprint density at radius 2 is 2.35 bits per heavy atom. The van der Waals surface area contributed by atoms with Crippen LogP contribution in [0.2, 0.25) is 0 Å². The number of aldehydes is 1. The van der Waals surface area contributed by atoms with Gasteiger partial charge in [0.25, 0.3) is 0 Å². The largest absolute Gasteiger partial charge is 0.480 e. The van der Waals surface area contributed by atoms with Crippen molar-refractivity contribution in [2.75, 3.05) is 7.11 Å². The fourth-order valence-electron chi connectivity index (χ4n) is 1.32. The predicted molar refractivity (Wildman–Crippen MR) is 58.0 cm³/mol. The number of nitrogens with zero attached hydrogens (tertiary/aromatic N) is 4. The molecule has 0 saturated carbocycles. The van der Waals surface area contributed by atoms with Gasteiger partial charge in [-0.1, -0.05) is 0 Å². The van der Waals surface area contributed by atoms with Crippen molar-refractivity contribution in [3.05, 3.63) is 35.7 Å². The van der Waals surface area contributed by atoms with Gasteiger partial charge in [-0.05, 0) is 12.1 Å². The smallest absolute Gasteiger partial charge is 0.233 e. The quantitative estimate of drug-likeness (QED) is 0.731. The first-order valence-corrected chi connectivity index (χ1v) is 4.74. The number of hydrogen-bond acceptors (Lipinski definition) is 5. The third kappa shape index (κ3) is 1.99. The van der Waals surface area contributed by atoms with E-state index in [9.17, 15) is 4.79 Å². The van der Waals surface area contributed by atoms with Crippen LogP contribution < -0.4 is 4.74 Å². The van der Waals surface area contributed by atoms with Crippen LogP contribution in [0, 0.1) is 11.3 Å². The molecule has 84 valence electrons. The highest BCUT2D eigenvalue weighted by Gasteiger charge is 2.07. The van der Waals surface area contributed by atoms with Gasteiger partial charge in [-0.25, -0.2) is 4.68 Å². The first-order chi connectivity index (χ1) is 8.28. The molecule has 0 unspecified atom stereocenters. The lowest BCUT2D eigenvalue weighted by Crippen LogP contribution is -2.01. The molecule has 0 aliphatic rings. The molecule has 2 rings (SSSR count). The average Bonchev–Trinajstić information content (AvgIpc) is 2.86. The van der Waals surface area contributed by atoms with E-state index in [4.69, 9.17) is 10.00 Å². The van der Waals surface area contributed by atoms with Crippen molar-refractivity contribution in [1.82, 2.24) is 14.8 Å². The molecule has 0 spiro atoms. The number of nitriles is 1. The van der Waals surface area contributed by atoms with Crippen molar-refractivity contribution in [2.45, 2.75) is 0 Å². The van der Waals surface area contributed by atoms with E-state index in [1.807, 2.05) is 6.07 Å². The Morgan fingerprint density at radius 1 is 1.53 bits per heavy atom. The second-order valence-corrected chi connectivity index (χ2v) is 3.17. The third-order valence-electron chi connectivity index (χ3n) is 2.13. The van der Waals surface area contributed by atoms with Crippen molar-refractivity contribution in [3.8, 4) is 17.8 Å². The first-order valence-electron chi connectivity index (χ1n) is 4.74. The molecule has 0 aliphatic carbocycles. The number of aromatic nitrogens is 3. The maximum Gasteiger partial charge on any atom is 0.233 e. The summed E-state index contributed by atoms with van der Waals surface area (Å²) in [4.78, 5) is 14.7. The Kier molecular flexibility index (Phi) is 2.83. The SMILES string of the molecule is COc1nc(-n2cc(C=O)cn2)ccc1C#N. The Bertz CT molecular complexity index is 598. The zero-order chi connectivity index (χ0) is 12.3. The minimum atomic E-state index is 0.230. The molecule has 0 aromatic carbocycles. The lowest BCUT2D eigenvalue weighted by Gasteiger charge is -2.04. The monoisotopic (exact) mass is 228 g/mol. The molecule has 0 aliphatic heterocycles. The second-order valence-electron chi connectivity index (χ2n) is 3.17. The Labute approximate surface area is 97.1 Å². The van der Waals surface area contributed by atoms with E-state index in [1.165, 1.54) is 18.0 Å². The van der Waals surface area contributed by atoms with Crippen LogP contribution >= 0.6 is 0 Å². The average molecular weight is 228 g/mol. The summed E-state index contributed by atoms with van der Waals surface area (Å²) in [6.07, 6.45) is 3.67. The van der Waals surface area contributed by atoms with Crippen LogP contribution in [0.25, 0.3) is 5.82 Å². The van der Waals surface area contributed by atoms with Crippen LogP contribution in [0.3, 0.4) is 0 Å². The van der Waals surface area contributed by atoms with Crippen LogP contribution in [0.5, 0.6) is 5.88 Å². The van der Waals surface area contributed by atoms with Gasteiger partial charge in [-0.2, -0.15) is 15.3 Å². The van der Waals surface area contributed by atoms with E-state index < -0.39 is 0 Å². The van der Waals surface area contributed by atoms with Crippen molar-refractivity contribution >= 4 is 6.29 Å². The molecule has 0 amide bonds. The van der Waals surface area contributed by atoms with Gasteiger partial charge in [0.2, 0.25) is 5.88 Å². The summed E-state index contributed by atoms with van der Waals surface area (Å²) in [6.45, 7) is 0. The summed E-state index contributed by atoms with van der Waals surface area (Å²) >= 11 is 0. The van der Waals surface area contributed by atoms with Gasteiger partial charge in [-0.3, -0.25) is 4.79 Å². The fourth-order valence-corrected chi connectivity index (χ4v) is 1.32. The van der Waals surface area contributed by atoms with Crippen LogP contribution in [0.1, 0.15) is 15.9 Å². The lowest BCUT2D eigenvalue weighted by atomic mass is 10.3. The van der Waals surface area contributed by atoms with Gasteiger partial charge >= 0.3 is 0 Å². The predicted octanol–water partition coefficient (Wildman–Crippen LogP) is 0.960. The summed E-state index contributed by atoms with van der Waals surface area (Å²) in [7, 11) is 1.44. The molecular formula is C11H8N4O2. The van der Waals surface area contributed by atoms with Crippen molar-refractivity contribution in [3.63, 3.8) is 0 Å². The van der Waals surface area contributed by atoms with E-state index in [-0.39, 0.29) is 5.88 Å². The van der Waals surface area contributed by atoms with E-state index in [2.05, 4.69) is 10.1 Å². The van der Waals surface area contributed by atoms with Gasteiger partial charge in [0.1, 0.15) is 11.6 Å². The standard InChI is InChI=1S/C11H8N4O2/c1-17-11-9(4-12)2-3-10(14-11)15-6-8(7-16)5-13-15/h2-3,5-7H,1H3. The summed E-state index contributed by atoms with van der Waals surface area (Å²) < 4.78 is 6.43. The number of carbonyl (C=O) groups excluding carboxylic acids is 1. The number of pyridine rings is 1. The maximum atomic E-state index is 10.5. The molecule has 0 fully saturated rings. The van der Waals surface area contributed by atoms with Gasteiger partial charge < -0.3 is 4.74 Å². The molecular weight excluding hydrogens is 220 g/mol. The highest BCUT2D eigenvalue weighted by molar-refractivity contribution is 5.73. The fraction of sp³-hybridized carbons (Fsp3) is 0.0909. The Hall–Kier alpha value is -2.68. The van der Waals surface area contributed by atoms with Crippen LogP contribution in [0.4, 0.5) is 0 Å². The zero-order valence-electron chi connectivity index (χ0n) is 8.99. The lowest BCUT2D eigenvalue weighted by molar-refractivity contribution is 0.112. The van der Waals surface area contributed by atoms with E-state index in [1.54, 1.807) is 18.3 Å². The van der Waals surface area contributed by atoms with Crippen LogP contribution in [-0.4, -0.2) is 28.2 Å². The molecule has 0 atom stereocenters. The number of carbonyl (C=O) groups is 1. The molecule has 6 nitrogen and oxygen atoms in total. The zero-order valence-corrected chi connectivity index (χ0v) is 8.99. The summed E-state index contributed by atoms with van der Waals surface area (Å²) in [5.41, 5.74) is 0.800. The number of methoxy groups -OCH3 is 1. The van der Waals surface area contributed by atoms with Crippen molar-refractivity contribution in [2.24, 2.45) is 0 Å². The molecule has 0 saturated heterocycles. The minimum Gasteiger partial charge on any atom is -0.480 e. The molecule has 6 heteroatoms. The second kappa shape index (κ2) is 4.45. The highest BCUT2D eigenvalue weighted by Crippen LogP contribution is 2.16. The normalized spacial score (nSPS) is 9.65. The molecule has 0 N–H and O–H groups in total. The van der Waals surface area contributed by atoms with Gasteiger partial charge in [0, 0.05) is 6.20 Å². The number of hydrogen-bond donors (Lipinski definition) is 0. The molecule has 2 aromatic rings. The number of ether oxygens (including phenoxy) is 1. The minimum absolute atomic E-state index is 0.230. The Balaban J connectivity index is 2.46. The summed E-state index contributed by atoms with van der Waals surface area (Å²) in [6, 6.07) is 5.18. The van der Waals surface area contributed by atoms with Crippen molar-refractivity contribution < 1.29 is 9.53 Å². The van der Waals surface area contributed by atoms with Gasteiger partial charge in [-0.15, -0.1) is 0 Å². The van der Waals surface area contributed by atoms with Gasteiger partial charge in [0.15, 0.2) is 12.1 Å². The topological polar surface area (TPSA) is 80.8 Å². The maximum absolute atomic E-state index is 10.5. The molecule has 0 bridgehead atoms. The van der Waals surface area contributed by atoms with Crippen LogP contribution in [-0.2, 0) is 0 Å². The summed E-state index contributed by atoms with van der Waals surface area (Å²) in [5.74, 6) is 0.710. The molecule has 2 aromatic heterocycles. The third-order valence-corrected chi connectivity index (χ3v) is 2.13. The van der Waals surface area contributed by atoms with E-state index >= 15 is 0 Å². The molecule has 17 heavy (non-hydrogen) atoms. The highest BCUT2D eigenvalue weighted by atomic mass is 16.5.